The molecular weight excluding hydrogens is 176 g/mol. The maximum Gasteiger partial charge on any atom is 0.233 e. The van der Waals surface area contributed by atoms with Crippen LogP contribution in [0.15, 0.2) is 0 Å². The minimum Gasteiger partial charge on any atom is -0.358 e. The van der Waals surface area contributed by atoms with Crippen molar-refractivity contribution in [1.82, 2.24) is 10.6 Å². The second-order valence-corrected chi connectivity index (χ2v) is 4.24. The molecule has 0 aromatic carbocycles. The minimum absolute atomic E-state index is 0.0765. The highest BCUT2D eigenvalue weighted by Gasteiger charge is 2.19. The van der Waals surface area contributed by atoms with Crippen LogP contribution < -0.4 is 10.6 Å². The van der Waals surface area contributed by atoms with Crippen LogP contribution in [0.25, 0.3) is 0 Å². The average molecular weight is 198 g/mol. The third kappa shape index (κ3) is 3.66. The maximum absolute atomic E-state index is 11.0. The summed E-state index contributed by atoms with van der Waals surface area (Å²) in [5.74, 6) is 0.848. The van der Waals surface area contributed by atoms with E-state index in [9.17, 15) is 4.79 Å². The molecule has 1 aliphatic carbocycles. The summed E-state index contributed by atoms with van der Waals surface area (Å²) in [6, 6.07) is 0.479. The van der Waals surface area contributed by atoms with Gasteiger partial charge in [-0.15, -0.1) is 0 Å². The van der Waals surface area contributed by atoms with E-state index in [1.54, 1.807) is 7.05 Å². The summed E-state index contributed by atoms with van der Waals surface area (Å²) in [5, 5.41) is 5.91. The van der Waals surface area contributed by atoms with Gasteiger partial charge in [-0.1, -0.05) is 19.3 Å². The summed E-state index contributed by atoms with van der Waals surface area (Å²) < 4.78 is 0. The Morgan fingerprint density at radius 3 is 2.57 bits per heavy atom. The Bertz CT molecular complexity index is 176. The molecule has 0 radical (unpaired) electrons. The van der Waals surface area contributed by atoms with Crippen molar-refractivity contribution in [2.24, 2.45) is 5.92 Å². The quantitative estimate of drug-likeness (QED) is 0.714. The molecule has 0 aliphatic heterocycles. The first-order chi connectivity index (χ1) is 6.74. The molecule has 1 aliphatic rings. The van der Waals surface area contributed by atoms with Crippen molar-refractivity contribution in [3.8, 4) is 0 Å². The van der Waals surface area contributed by atoms with E-state index in [1.807, 2.05) is 0 Å². The summed E-state index contributed by atoms with van der Waals surface area (Å²) in [6.45, 7) is 2.65. The summed E-state index contributed by atoms with van der Waals surface area (Å²) in [7, 11) is 1.68. The number of amides is 1. The molecule has 1 saturated carbocycles. The number of rotatable bonds is 4. The Hall–Kier alpha value is -0.570. The third-order valence-corrected chi connectivity index (χ3v) is 3.22. The van der Waals surface area contributed by atoms with E-state index < -0.39 is 0 Å². The minimum atomic E-state index is 0.0765. The molecule has 1 amide bonds. The first-order valence-corrected chi connectivity index (χ1v) is 5.68. The fourth-order valence-corrected chi connectivity index (χ4v) is 2.14. The SMILES string of the molecule is CNC(=O)CN[C@@H](C)C1CCCCC1. The number of hydrogen-bond acceptors (Lipinski definition) is 2. The molecule has 3 heteroatoms. The van der Waals surface area contributed by atoms with Gasteiger partial charge >= 0.3 is 0 Å². The van der Waals surface area contributed by atoms with Crippen molar-refractivity contribution in [3.05, 3.63) is 0 Å². The van der Waals surface area contributed by atoms with E-state index in [0.717, 1.165) is 5.92 Å². The van der Waals surface area contributed by atoms with Gasteiger partial charge in [0.1, 0.15) is 0 Å². The van der Waals surface area contributed by atoms with Gasteiger partial charge in [0.25, 0.3) is 0 Å². The van der Waals surface area contributed by atoms with Crippen LogP contribution in [0.4, 0.5) is 0 Å². The third-order valence-electron chi connectivity index (χ3n) is 3.22. The van der Waals surface area contributed by atoms with Crippen LogP contribution in [-0.4, -0.2) is 25.5 Å². The molecule has 0 spiro atoms. The Morgan fingerprint density at radius 2 is 2.00 bits per heavy atom. The number of carbonyl (C=O) groups excluding carboxylic acids is 1. The van der Waals surface area contributed by atoms with Gasteiger partial charge in [-0.3, -0.25) is 4.79 Å². The lowest BCUT2D eigenvalue weighted by Crippen LogP contribution is -2.40. The van der Waals surface area contributed by atoms with Crippen molar-refractivity contribution >= 4 is 5.91 Å². The maximum atomic E-state index is 11.0. The Labute approximate surface area is 86.6 Å². The van der Waals surface area contributed by atoms with E-state index >= 15 is 0 Å². The summed E-state index contributed by atoms with van der Waals surface area (Å²) in [5.41, 5.74) is 0. The Morgan fingerprint density at radius 1 is 1.36 bits per heavy atom. The first-order valence-electron chi connectivity index (χ1n) is 5.68. The lowest BCUT2D eigenvalue weighted by atomic mass is 9.84. The van der Waals surface area contributed by atoms with Crippen LogP contribution in [0.2, 0.25) is 0 Å². The number of hydrogen-bond donors (Lipinski definition) is 2. The van der Waals surface area contributed by atoms with Gasteiger partial charge in [-0.25, -0.2) is 0 Å². The van der Waals surface area contributed by atoms with Gasteiger partial charge in [0, 0.05) is 13.1 Å². The molecule has 1 rings (SSSR count). The molecule has 0 saturated heterocycles. The van der Waals surface area contributed by atoms with Crippen LogP contribution in [0.3, 0.4) is 0 Å². The zero-order valence-electron chi connectivity index (χ0n) is 9.31. The van der Waals surface area contributed by atoms with Crippen molar-refractivity contribution in [2.45, 2.75) is 45.1 Å². The molecule has 1 atom stereocenters. The van der Waals surface area contributed by atoms with E-state index in [-0.39, 0.29) is 5.91 Å². The van der Waals surface area contributed by atoms with Crippen molar-refractivity contribution in [2.75, 3.05) is 13.6 Å². The number of likely N-dealkylation sites (N-methyl/N-ethyl adjacent to an activating group) is 1. The second kappa shape index (κ2) is 6.02. The van der Waals surface area contributed by atoms with Crippen molar-refractivity contribution < 1.29 is 4.79 Å². The molecule has 0 unspecified atom stereocenters. The van der Waals surface area contributed by atoms with Crippen LogP contribution >= 0.6 is 0 Å². The predicted octanol–water partition coefficient (Wildman–Crippen LogP) is 1.29. The van der Waals surface area contributed by atoms with Crippen LogP contribution in [0.1, 0.15) is 39.0 Å². The summed E-state index contributed by atoms with van der Waals surface area (Å²) in [6.07, 6.45) is 6.75. The van der Waals surface area contributed by atoms with E-state index in [1.165, 1.54) is 32.1 Å². The van der Waals surface area contributed by atoms with Gasteiger partial charge in [-0.05, 0) is 25.7 Å². The Balaban J connectivity index is 2.19. The zero-order chi connectivity index (χ0) is 10.4. The van der Waals surface area contributed by atoms with Gasteiger partial charge in [0.15, 0.2) is 0 Å². The molecule has 3 nitrogen and oxygen atoms in total. The highest BCUT2D eigenvalue weighted by molar-refractivity contribution is 5.77. The lowest BCUT2D eigenvalue weighted by molar-refractivity contribution is -0.119. The van der Waals surface area contributed by atoms with Crippen LogP contribution in [-0.2, 0) is 4.79 Å². The highest BCUT2D eigenvalue weighted by atomic mass is 16.1. The monoisotopic (exact) mass is 198 g/mol. The number of nitrogens with one attached hydrogen (secondary N) is 2. The molecule has 0 aromatic heterocycles. The lowest BCUT2D eigenvalue weighted by Gasteiger charge is -2.28. The molecule has 0 heterocycles. The van der Waals surface area contributed by atoms with Crippen LogP contribution in [0, 0.1) is 5.92 Å². The molecular formula is C11H22N2O. The first kappa shape index (κ1) is 11.5. The fraction of sp³-hybridized carbons (Fsp3) is 0.909. The molecule has 0 bridgehead atoms. The van der Waals surface area contributed by atoms with Gasteiger partial charge in [0.2, 0.25) is 5.91 Å². The van der Waals surface area contributed by atoms with E-state index in [4.69, 9.17) is 0 Å². The molecule has 1 fully saturated rings. The predicted molar refractivity (Wildman–Crippen MR) is 58.1 cm³/mol. The zero-order valence-corrected chi connectivity index (χ0v) is 9.31. The molecule has 2 N–H and O–H groups in total. The van der Waals surface area contributed by atoms with Gasteiger partial charge in [-0.2, -0.15) is 0 Å². The van der Waals surface area contributed by atoms with Crippen LogP contribution in [0.5, 0.6) is 0 Å². The standard InChI is InChI=1S/C11H22N2O/c1-9(13-8-11(14)12-2)10-6-4-3-5-7-10/h9-10,13H,3-8H2,1-2H3,(H,12,14)/t9-/m0/s1. The highest BCUT2D eigenvalue weighted by Crippen LogP contribution is 2.26. The number of carbonyl (C=O) groups is 1. The van der Waals surface area contributed by atoms with Crippen molar-refractivity contribution in [1.29, 1.82) is 0 Å². The summed E-state index contributed by atoms with van der Waals surface area (Å²) in [4.78, 5) is 11.0. The van der Waals surface area contributed by atoms with E-state index in [2.05, 4.69) is 17.6 Å². The van der Waals surface area contributed by atoms with Gasteiger partial charge < -0.3 is 10.6 Å². The topological polar surface area (TPSA) is 41.1 Å². The normalized spacial score (nSPS) is 20.4. The molecule has 14 heavy (non-hydrogen) atoms. The fourth-order valence-electron chi connectivity index (χ4n) is 2.14. The van der Waals surface area contributed by atoms with E-state index in [0.29, 0.717) is 12.6 Å². The smallest absolute Gasteiger partial charge is 0.233 e. The van der Waals surface area contributed by atoms with Gasteiger partial charge in [0.05, 0.1) is 6.54 Å². The van der Waals surface area contributed by atoms with Crippen molar-refractivity contribution in [3.63, 3.8) is 0 Å². The Kier molecular flexibility index (Phi) is 4.94. The second-order valence-electron chi connectivity index (χ2n) is 4.24. The summed E-state index contributed by atoms with van der Waals surface area (Å²) >= 11 is 0. The average Bonchev–Trinajstić information content (AvgIpc) is 2.26. The largest absolute Gasteiger partial charge is 0.358 e. The molecule has 0 aromatic rings. The molecule has 82 valence electrons.